The van der Waals surface area contributed by atoms with Crippen LogP contribution in [0.2, 0.25) is 0 Å². The van der Waals surface area contributed by atoms with Crippen molar-refractivity contribution in [3.8, 4) is 5.75 Å². The summed E-state index contributed by atoms with van der Waals surface area (Å²) < 4.78 is 33.2. The molecule has 0 amide bonds. The molecule has 112 valence electrons. The fourth-order valence-electron chi connectivity index (χ4n) is 2.75. The zero-order valence-corrected chi connectivity index (χ0v) is 14.9. The van der Waals surface area contributed by atoms with Gasteiger partial charge in [0.2, 0.25) is 10.0 Å². The highest BCUT2D eigenvalue weighted by atomic mass is 127. The zero-order valence-electron chi connectivity index (χ0n) is 12.0. The molecule has 1 aromatic carbocycles. The molecule has 2 unspecified atom stereocenters. The number of rotatable bonds is 3. The Labute approximate surface area is 134 Å². The summed E-state index contributed by atoms with van der Waals surface area (Å²) in [6, 6.07) is 5.05. The average Bonchev–Trinajstić information content (AvgIpc) is 2.37. The first-order chi connectivity index (χ1) is 9.34. The van der Waals surface area contributed by atoms with Crippen molar-refractivity contribution in [3.63, 3.8) is 0 Å². The molecule has 0 N–H and O–H groups in total. The maximum absolute atomic E-state index is 12.7. The highest BCUT2D eigenvalue weighted by Gasteiger charge is 2.31. The number of hydrogen-bond acceptors (Lipinski definition) is 3. The van der Waals surface area contributed by atoms with Crippen LogP contribution in [0.4, 0.5) is 0 Å². The molecule has 1 aliphatic heterocycles. The third-order valence-corrected chi connectivity index (χ3v) is 6.31. The molecule has 2 rings (SSSR count). The molecule has 0 bridgehead atoms. The van der Waals surface area contributed by atoms with Crippen molar-refractivity contribution in [2.75, 3.05) is 20.2 Å². The van der Waals surface area contributed by atoms with Gasteiger partial charge in [0.05, 0.1) is 15.6 Å². The van der Waals surface area contributed by atoms with Crippen LogP contribution in [-0.4, -0.2) is 32.9 Å². The Kier molecular flexibility index (Phi) is 4.96. The predicted molar refractivity (Wildman–Crippen MR) is 87.4 cm³/mol. The van der Waals surface area contributed by atoms with Gasteiger partial charge in [-0.1, -0.05) is 13.8 Å². The first kappa shape index (κ1) is 16.0. The lowest BCUT2D eigenvalue weighted by Gasteiger charge is -2.34. The molecule has 1 heterocycles. The summed E-state index contributed by atoms with van der Waals surface area (Å²) >= 11 is 2.13. The average molecular weight is 409 g/mol. The van der Waals surface area contributed by atoms with Crippen LogP contribution in [0.5, 0.6) is 5.75 Å². The van der Waals surface area contributed by atoms with E-state index in [0.717, 1.165) is 9.99 Å². The fourth-order valence-corrected chi connectivity index (χ4v) is 5.00. The Hall–Kier alpha value is -0.340. The lowest BCUT2D eigenvalue weighted by Crippen LogP contribution is -2.42. The topological polar surface area (TPSA) is 46.6 Å². The van der Waals surface area contributed by atoms with E-state index in [2.05, 4.69) is 36.4 Å². The van der Waals surface area contributed by atoms with Crippen molar-refractivity contribution >= 4 is 32.6 Å². The summed E-state index contributed by atoms with van der Waals surface area (Å²) in [5.41, 5.74) is 0. The standard InChI is InChI=1S/C14H20INO3S/c1-10-6-11(2)9-16(8-10)20(17,18)12-4-5-13(15)14(7-12)19-3/h4-5,7,10-11H,6,8-9H2,1-3H3. The van der Waals surface area contributed by atoms with E-state index in [-0.39, 0.29) is 0 Å². The monoisotopic (exact) mass is 409 g/mol. The number of methoxy groups -OCH3 is 1. The van der Waals surface area contributed by atoms with Gasteiger partial charge in [0.25, 0.3) is 0 Å². The van der Waals surface area contributed by atoms with Crippen LogP contribution in [-0.2, 0) is 10.0 Å². The molecule has 20 heavy (non-hydrogen) atoms. The van der Waals surface area contributed by atoms with Gasteiger partial charge < -0.3 is 4.74 Å². The number of benzene rings is 1. The number of nitrogens with zero attached hydrogens (tertiary/aromatic N) is 1. The first-order valence-electron chi connectivity index (χ1n) is 6.68. The van der Waals surface area contributed by atoms with Gasteiger partial charge in [-0.15, -0.1) is 0 Å². The summed E-state index contributed by atoms with van der Waals surface area (Å²) in [5.74, 6) is 1.41. The number of halogens is 1. The smallest absolute Gasteiger partial charge is 0.243 e. The zero-order chi connectivity index (χ0) is 14.9. The molecule has 4 nitrogen and oxygen atoms in total. The Morgan fingerprint density at radius 1 is 1.25 bits per heavy atom. The second kappa shape index (κ2) is 6.19. The van der Waals surface area contributed by atoms with Crippen molar-refractivity contribution in [2.24, 2.45) is 11.8 Å². The SMILES string of the molecule is COc1cc(S(=O)(=O)N2CC(C)CC(C)C2)ccc1I. The van der Waals surface area contributed by atoms with E-state index in [1.165, 1.54) is 0 Å². The molecule has 1 fully saturated rings. The number of hydrogen-bond donors (Lipinski definition) is 0. The normalized spacial score (nSPS) is 24.6. The largest absolute Gasteiger partial charge is 0.496 e. The van der Waals surface area contributed by atoms with Gasteiger partial charge in [0, 0.05) is 19.2 Å². The van der Waals surface area contributed by atoms with Crippen molar-refractivity contribution in [3.05, 3.63) is 21.8 Å². The number of piperidine rings is 1. The van der Waals surface area contributed by atoms with Gasteiger partial charge in [0.15, 0.2) is 0 Å². The van der Waals surface area contributed by atoms with Crippen LogP contribution >= 0.6 is 22.6 Å². The van der Waals surface area contributed by atoms with E-state index < -0.39 is 10.0 Å². The molecule has 0 radical (unpaired) electrons. The Balaban J connectivity index is 2.34. The lowest BCUT2D eigenvalue weighted by molar-refractivity contribution is 0.222. The summed E-state index contributed by atoms with van der Waals surface area (Å²) in [4.78, 5) is 0.316. The van der Waals surface area contributed by atoms with E-state index >= 15 is 0 Å². The predicted octanol–water partition coefficient (Wildman–Crippen LogP) is 2.97. The maximum Gasteiger partial charge on any atom is 0.243 e. The quantitative estimate of drug-likeness (QED) is 0.722. The molecule has 0 saturated carbocycles. The van der Waals surface area contributed by atoms with E-state index in [9.17, 15) is 8.42 Å². The lowest BCUT2D eigenvalue weighted by atomic mass is 9.94. The second-order valence-corrected chi connectivity index (χ2v) is 8.66. The van der Waals surface area contributed by atoms with Crippen LogP contribution in [0.3, 0.4) is 0 Å². The Morgan fingerprint density at radius 3 is 2.40 bits per heavy atom. The minimum atomic E-state index is -3.43. The van der Waals surface area contributed by atoms with E-state index in [1.807, 2.05) is 0 Å². The number of ether oxygens (including phenoxy) is 1. The van der Waals surface area contributed by atoms with Crippen LogP contribution in [0, 0.1) is 15.4 Å². The third-order valence-electron chi connectivity index (χ3n) is 3.60. The molecule has 1 aliphatic rings. The molecular weight excluding hydrogens is 389 g/mol. The minimum absolute atomic E-state index is 0.316. The van der Waals surface area contributed by atoms with Crippen LogP contribution in [0.15, 0.2) is 23.1 Å². The summed E-state index contributed by atoms with van der Waals surface area (Å²) in [7, 11) is -1.87. The Bertz CT molecular complexity index is 578. The summed E-state index contributed by atoms with van der Waals surface area (Å²) in [5, 5.41) is 0. The van der Waals surface area contributed by atoms with Crippen LogP contribution in [0.1, 0.15) is 20.3 Å². The number of sulfonamides is 1. The van der Waals surface area contributed by atoms with Crippen LogP contribution in [0.25, 0.3) is 0 Å². The molecule has 0 aromatic heterocycles. The van der Waals surface area contributed by atoms with Crippen molar-refractivity contribution in [1.82, 2.24) is 4.31 Å². The molecule has 1 aromatic rings. The molecule has 0 spiro atoms. The second-order valence-electron chi connectivity index (χ2n) is 5.56. The van der Waals surface area contributed by atoms with Gasteiger partial charge in [-0.05, 0) is 53.0 Å². The van der Waals surface area contributed by atoms with Crippen LogP contribution < -0.4 is 4.74 Å². The third kappa shape index (κ3) is 3.28. The molecule has 0 aliphatic carbocycles. The highest BCUT2D eigenvalue weighted by Crippen LogP contribution is 2.29. The molecule has 2 atom stereocenters. The Morgan fingerprint density at radius 2 is 1.85 bits per heavy atom. The summed E-state index contributed by atoms with van der Waals surface area (Å²) in [6.07, 6.45) is 1.09. The summed E-state index contributed by atoms with van der Waals surface area (Å²) in [6.45, 7) is 5.40. The van der Waals surface area contributed by atoms with Gasteiger partial charge >= 0.3 is 0 Å². The van der Waals surface area contributed by atoms with Crippen molar-refractivity contribution < 1.29 is 13.2 Å². The molecule has 1 saturated heterocycles. The molecular formula is C14H20INO3S. The van der Waals surface area contributed by atoms with Crippen molar-refractivity contribution in [1.29, 1.82) is 0 Å². The van der Waals surface area contributed by atoms with Crippen molar-refractivity contribution in [2.45, 2.75) is 25.2 Å². The van der Waals surface area contributed by atoms with Gasteiger partial charge in [0.1, 0.15) is 5.75 Å². The van der Waals surface area contributed by atoms with Gasteiger partial charge in [-0.25, -0.2) is 8.42 Å². The van der Waals surface area contributed by atoms with E-state index in [0.29, 0.717) is 35.6 Å². The highest BCUT2D eigenvalue weighted by molar-refractivity contribution is 14.1. The first-order valence-corrected chi connectivity index (χ1v) is 9.20. The fraction of sp³-hybridized carbons (Fsp3) is 0.571. The van der Waals surface area contributed by atoms with E-state index in [4.69, 9.17) is 4.74 Å². The molecule has 6 heteroatoms. The van der Waals surface area contributed by atoms with Gasteiger partial charge in [-0.2, -0.15) is 4.31 Å². The maximum atomic E-state index is 12.7. The minimum Gasteiger partial charge on any atom is -0.496 e. The van der Waals surface area contributed by atoms with Gasteiger partial charge in [-0.3, -0.25) is 0 Å². The van der Waals surface area contributed by atoms with E-state index in [1.54, 1.807) is 29.6 Å².